The van der Waals surface area contributed by atoms with Gasteiger partial charge in [-0.05, 0) is 86.1 Å². The Hall–Kier alpha value is -5.05. The first-order valence-electron chi connectivity index (χ1n) is 18.2. The van der Waals surface area contributed by atoms with Gasteiger partial charge in [0.15, 0.2) is 17.1 Å². The summed E-state index contributed by atoms with van der Waals surface area (Å²) in [5, 5.41) is 9.94. The van der Waals surface area contributed by atoms with Crippen LogP contribution in [-0.2, 0) is 26.5 Å². The number of carbonyl (C=O) groups is 2. The lowest BCUT2D eigenvalue weighted by Crippen LogP contribution is -2.45. The highest BCUT2D eigenvalue weighted by Crippen LogP contribution is 2.60. The number of aromatic nitrogens is 2. The lowest BCUT2D eigenvalue weighted by Gasteiger charge is -2.31. The number of ether oxygens (including phenoxy) is 3. The van der Waals surface area contributed by atoms with Gasteiger partial charge >= 0.3 is 0 Å². The maximum Gasteiger partial charge on any atom is 0.297 e. The van der Waals surface area contributed by atoms with Gasteiger partial charge in [-0.1, -0.05) is 19.1 Å². The minimum atomic E-state index is -3.61. The first kappa shape index (κ1) is 37.3. The number of nitrogens with zero attached hydrogens (tertiary/aromatic N) is 4. The van der Waals surface area contributed by atoms with Crippen LogP contribution in [-0.4, -0.2) is 78.9 Å². The molecule has 0 unspecified atom stereocenters. The van der Waals surface area contributed by atoms with Crippen LogP contribution in [0.5, 0.6) is 11.5 Å². The van der Waals surface area contributed by atoms with Crippen LogP contribution >= 0.6 is 0 Å². The number of aliphatic hydroxyl groups is 1. The summed E-state index contributed by atoms with van der Waals surface area (Å²) < 4.78 is 36.9. The number of carbonyl (C=O) groups excluding carboxylic acids is 2. The molecule has 0 bridgehead atoms. The zero-order chi connectivity index (χ0) is 38.5. The molecule has 2 fully saturated rings. The molecule has 7 rings (SSSR count). The number of hydrogen-bond acceptors (Lipinski definition) is 8. The molecule has 1 N–H and O–H groups in total. The van der Waals surface area contributed by atoms with Crippen LogP contribution in [0.2, 0.25) is 18.6 Å². The number of anilines is 1. The van der Waals surface area contributed by atoms with Gasteiger partial charge in [0.2, 0.25) is 14.3 Å². The monoisotopic (exact) mass is 756 g/mol. The molecule has 4 aromatic rings. The van der Waals surface area contributed by atoms with Crippen molar-refractivity contribution in [1.82, 2.24) is 14.0 Å². The molecule has 1 spiro atoms. The van der Waals surface area contributed by atoms with E-state index in [0.717, 1.165) is 6.42 Å². The maximum absolute atomic E-state index is 16.6. The number of fused-ring (bicyclic) bond motifs is 2. The van der Waals surface area contributed by atoms with Crippen molar-refractivity contribution in [3.05, 3.63) is 111 Å². The summed E-state index contributed by atoms with van der Waals surface area (Å²) in [6, 6.07) is 18.7. The number of rotatable bonds is 10. The standard InChI is InChI=1S/C40H45FN4O8Si/c1-25-36(54(4,5)41)34(22-35(47)42-17-7-12-29(42)24-46)53-40(25)30-21-28(44-19-9-14-33(52-3)38(44)49)15-16-31(30)45(39(40)50)23-26-10-6-11-27(20-26)43-18-8-13-32(51-2)37(43)48/h6,8-11,13-16,18-21,25,29,34,36,46H,7,12,17,22-24H2,1-5H3/t25-,29-,34+,36-,40+/m0/s1. The van der Waals surface area contributed by atoms with Crippen LogP contribution in [0.4, 0.5) is 9.80 Å². The van der Waals surface area contributed by atoms with E-state index in [2.05, 4.69) is 0 Å². The van der Waals surface area contributed by atoms with Crippen LogP contribution in [0.3, 0.4) is 0 Å². The van der Waals surface area contributed by atoms with Crippen molar-refractivity contribution >= 4 is 25.9 Å². The van der Waals surface area contributed by atoms with Gasteiger partial charge in [0.25, 0.3) is 17.0 Å². The molecule has 5 heterocycles. The van der Waals surface area contributed by atoms with Crippen LogP contribution < -0.4 is 25.5 Å². The van der Waals surface area contributed by atoms with Crippen molar-refractivity contribution in [1.29, 1.82) is 0 Å². The van der Waals surface area contributed by atoms with Gasteiger partial charge in [0.1, 0.15) is 0 Å². The Bertz CT molecular complexity index is 2220. The SMILES string of the molecule is COc1cccn(-c2cccc(CN3C(=O)[C@]4(O[C@H](CC(=O)N5CCC[C@H]5CO)[C@@H]([Si](C)(C)F)[C@@H]4C)c4cc(-n5cccc(OC)c5=O)ccc43)c2)c1=O. The molecule has 12 nitrogen and oxygen atoms in total. The van der Waals surface area contributed by atoms with E-state index in [1.807, 2.05) is 19.1 Å². The van der Waals surface area contributed by atoms with Gasteiger partial charge in [-0.15, -0.1) is 0 Å². The molecule has 54 heavy (non-hydrogen) atoms. The summed E-state index contributed by atoms with van der Waals surface area (Å²) in [6.07, 6.45) is 3.64. The van der Waals surface area contributed by atoms with E-state index in [1.54, 1.807) is 89.9 Å². The van der Waals surface area contributed by atoms with Crippen molar-refractivity contribution < 1.29 is 33.0 Å². The highest BCUT2D eigenvalue weighted by Gasteiger charge is 2.67. The van der Waals surface area contributed by atoms with Crippen molar-refractivity contribution in [3.8, 4) is 22.9 Å². The number of amides is 2. The summed E-state index contributed by atoms with van der Waals surface area (Å²) >= 11 is 0. The second-order valence-electron chi connectivity index (χ2n) is 14.8. The number of hydrogen-bond donors (Lipinski definition) is 1. The molecular weight excluding hydrogens is 712 g/mol. The third kappa shape index (κ3) is 6.15. The Balaban J connectivity index is 1.34. The Morgan fingerprint density at radius 1 is 0.944 bits per heavy atom. The summed E-state index contributed by atoms with van der Waals surface area (Å²) in [7, 11) is -0.763. The van der Waals surface area contributed by atoms with Crippen molar-refractivity contribution in [3.63, 3.8) is 0 Å². The molecule has 2 amide bonds. The average molecular weight is 757 g/mol. The van der Waals surface area contributed by atoms with Crippen LogP contribution in [0.15, 0.2) is 88.7 Å². The normalized spacial score (nSPS) is 23.6. The molecule has 2 saturated heterocycles. The second-order valence-corrected chi connectivity index (χ2v) is 18.6. The molecule has 0 radical (unpaired) electrons. The van der Waals surface area contributed by atoms with Crippen LogP contribution in [0.25, 0.3) is 11.4 Å². The Kier molecular flexibility index (Phi) is 9.87. The van der Waals surface area contributed by atoms with E-state index in [0.29, 0.717) is 41.2 Å². The number of likely N-dealkylation sites (tertiary alicyclic amines) is 1. The lowest BCUT2D eigenvalue weighted by molar-refractivity contribution is -0.150. The van der Waals surface area contributed by atoms with Gasteiger partial charge in [-0.2, -0.15) is 0 Å². The minimum Gasteiger partial charge on any atom is -0.491 e. The van der Waals surface area contributed by atoms with Crippen molar-refractivity contribution in [2.45, 2.75) is 69.1 Å². The topological polar surface area (TPSA) is 133 Å². The number of methoxy groups -OCH3 is 2. The molecule has 284 valence electrons. The van der Waals surface area contributed by atoms with Crippen LogP contribution in [0.1, 0.15) is 37.3 Å². The van der Waals surface area contributed by atoms with Gasteiger partial charge < -0.3 is 33.2 Å². The van der Waals surface area contributed by atoms with Gasteiger partial charge in [-0.25, -0.2) is 0 Å². The van der Waals surface area contributed by atoms with Crippen molar-refractivity contribution in [2.24, 2.45) is 5.92 Å². The van der Waals surface area contributed by atoms with E-state index >= 15 is 8.90 Å². The highest BCUT2D eigenvalue weighted by molar-refractivity contribution is 6.72. The zero-order valence-electron chi connectivity index (χ0n) is 31.0. The van der Waals surface area contributed by atoms with E-state index in [-0.39, 0.29) is 48.6 Å². The zero-order valence-corrected chi connectivity index (χ0v) is 32.0. The van der Waals surface area contributed by atoms with Gasteiger partial charge in [0.05, 0.1) is 51.6 Å². The largest absolute Gasteiger partial charge is 0.491 e. The number of halogens is 1. The van der Waals surface area contributed by atoms with E-state index < -0.39 is 43.0 Å². The number of pyridine rings is 2. The quantitative estimate of drug-likeness (QED) is 0.182. The summed E-state index contributed by atoms with van der Waals surface area (Å²) in [4.78, 5) is 58.7. The van der Waals surface area contributed by atoms with E-state index in [4.69, 9.17) is 14.2 Å². The Morgan fingerprint density at radius 3 is 2.20 bits per heavy atom. The van der Waals surface area contributed by atoms with Gasteiger partial charge in [-0.3, -0.25) is 28.3 Å². The fourth-order valence-electron chi connectivity index (χ4n) is 8.84. The molecule has 2 aromatic carbocycles. The Morgan fingerprint density at radius 2 is 1.59 bits per heavy atom. The number of benzene rings is 2. The predicted molar refractivity (Wildman–Crippen MR) is 203 cm³/mol. The summed E-state index contributed by atoms with van der Waals surface area (Å²) in [5.41, 5.74) is -0.411. The molecule has 0 saturated carbocycles. The number of aliphatic hydroxyl groups excluding tert-OH is 1. The fourth-order valence-corrected chi connectivity index (χ4v) is 11.3. The summed E-state index contributed by atoms with van der Waals surface area (Å²) in [6.45, 7) is 5.40. The second kappa shape index (κ2) is 14.3. The fraction of sp³-hybridized carbons (Fsp3) is 0.400. The van der Waals surface area contributed by atoms with E-state index in [9.17, 15) is 19.5 Å². The van der Waals surface area contributed by atoms with Crippen LogP contribution in [0, 0.1) is 5.92 Å². The smallest absolute Gasteiger partial charge is 0.297 e. The highest BCUT2D eigenvalue weighted by atomic mass is 28.4. The first-order valence-corrected chi connectivity index (χ1v) is 21.1. The lowest BCUT2D eigenvalue weighted by atomic mass is 9.82. The summed E-state index contributed by atoms with van der Waals surface area (Å²) in [5.74, 6) is -1.02. The molecule has 0 aliphatic carbocycles. The predicted octanol–water partition coefficient (Wildman–Crippen LogP) is 4.70. The van der Waals surface area contributed by atoms with Gasteiger partial charge in [0, 0.05) is 47.3 Å². The molecule has 5 atom stereocenters. The minimum absolute atomic E-state index is 0.0886. The third-order valence-corrected chi connectivity index (χ3v) is 13.8. The maximum atomic E-state index is 16.6. The molecule has 14 heteroatoms. The van der Waals surface area contributed by atoms with Crippen molar-refractivity contribution in [2.75, 3.05) is 32.3 Å². The molecule has 3 aliphatic heterocycles. The Labute approximate surface area is 313 Å². The first-order chi connectivity index (χ1) is 25.8. The molecular formula is C40H45FN4O8Si. The third-order valence-electron chi connectivity index (χ3n) is 11.3. The molecule has 2 aromatic heterocycles. The van der Waals surface area contributed by atoms with E-state index in [1.165, 1.54) is 23.4 Å². The average Bonchev–Trinajstić information content (AvgIpc) is 3.82. The molecule has 3 aliphatic rings.